The molecule has 0 bridgehead atoms. The Labute approximate surface area is 351 Å². The van der Waals surface area contributed by atoms with Crippen molar-refractivity contribution in [3.05, 3.63) is 117 Å². The smallest absolute Gasteiger partial charge is 0.339 e. The van der Waals surface area contributed by atoms with Crippen molar-refractivity contribution in [3.8, 4) is 22.5 Å². The average Bonchev–Trinajstić information content (AvgIpc) is 3.84. The lowest BCUT2D eigenvalue weighted by Gasteiger charge is -2.38. The SMILES string of the molecule is COC(=O)c1cnc(N2CCC(N(C)CCCOC=O)CC2)c(NC(=O)c2[nH]c3cc(Cl)ccc3c2-c2c(-c3ccccc3)ncn2C(C)c2ccc(Cl)cc2Cl)c1. The van der Waals surface area contributed by atoms with Gasteiger partial charge in [0.15, 0.2) is 5.82 Å². The molecule has 1 fully saturated rings. The Morgan fingerprint density at radius 2 is 1.76 bits per heavy atom. The first-order chi connectivity index (χ1) is 28.1. The number of nitrogens with one attached hydrogen (secondary N) is 2. The quantitative estimate of drug-likeness (QED) is 0.0626. The van der Waals surface area contributed by atoms with Gasteiger partial charge in [-0.2, -0.15) is 0 Å². The van der Waals surface area contributed by atoms with Crippen molar-refractivity contribution < 1.29 is 23.9 Å². The molecule has 12 nitrogen and oxygen atoms in total. The van der Waals surface area contributed by atoms with E-state index in [0.29, 0.717) is 81.3 Å². The van der Waals surface area contributed by atoms with Gasteiger partial charge in [-0.3, -0.25) is 9.59 Å². The van der Waals surface area contributed by atoms with E-state index >= 15 is 0 Å². The first kappa shape index (κ1) is 40.8. The van der Waals surface area contributed by atoms with Gasteiger partial charge >= 0.3 is 5.97 Å². The van der Waals surface area contributed by atoms with Crippen LogP contribution in [0.1, 0.15) is 58.6 Å². The third-order valence-corrected chi connectivity index (χ3v) is 11.5. The lowest BCUT2D eigenvalue weighted by Crippen LogP contribution is -2.44. The molecule has 3 aromatic heterocycles. The summed E-state index contributed by atoms with van der Waals surface area (Å²) in [6, 6.07) is 22.2. The zero-order valence-corrected chi connectivity index (χ0v) is 34.4. The highest BCUT2D eigenvalue weighted by Crippen LogP contribution is 2.42. The van der Waals surface area contributed by atoms with Gasteiger partial charge in [0.05, 0.1) is 48.7 Å². The summed E-state index contributed by atoms with van der Waals surface area (Å²) in [5, 5.41) is 5.37. The Balaban J connectivity index is 1.30. The number of benzene rings is 3. The maximum absolute atomic E-state index is 14.9. The highest BCUT2D eigenvalue weighted by Gasteiger charge is 2.30. The van der Waals surface area contributed by atoms with Crippen molar-refractivity contribution in [2.24, 2.45) is 0 Å². The molecule has 3 aromatic carbocycles. The van der Waals surface area contributed by atoms with E-state index in [1.165, 1.54) is 13.3 Å². The van der Waals surface area contributed by atoms with Crippen molar-refractivity contribution in [1.82, 2.24) is 24.4 Å². The topological polar surface area (TPSA) is 135 Å². The largest absolute Gasteiger partial charge is 0.468 e. The van der Waals surface area contributed by atoms with E-state index in [9.17, 15) is 14.4 Å². The van der Waals surface area contributed by atoms with Crippen LogP contribution in [0.2, 0.25) is 15.1 Å². The average molecular weight is 843 g/mol. The number of hydrogen-bond acceptors (Lipinski definition) is 9. The number of H-pyrrole nitrogens is 1. The number of carbonyl (C=O) groups excluding carboxylic acids is 3. The monoisotopic (exact) mass is 841 g/mol. The maximum Gasteiger partial charge on any atom is 0.339 e. The van der Waals surface area contributed by atoms with Gasteiger partial charge in [0, 0.05) is 69.0 Å². The summed E-state index contributed by atoms with van der Waals surface area (Å²) >= 11 is 19.6. The number of hydrogen-bond donors (Lipinski definition) is 2. The minimum atomic E-state index is -0.583. The molecule has 15 heteroatoms. The molecule has 6 aromatic rings. The predicted octanol–water partition coefficient (Wildman–Crippen LogP) is 9.17. The second kappa shape index (κ2) is 18.0. The number of rotatable bonds is 14. The van der Waals surface area contributed by atoms with Crippen LogP contribution in [0.15, 0.2) is 85.3 Å². The molecule has 300 valence electrons. The van der Waals surface area contributed by atoms with Gasteiger partial charge in [0.2, 0.25) is 0 Å². The zero-order chi connectivity index (χ0) is 40.9. The summed E-state index contributed by atoms with van der Waals surface area (Å²) in [4.78, 5) is 55.6. The minimum Gasteiger partial charge on any atom is -0.468 e. The van der Waals surface area contributed by atoms with E-state index in [1.54, 1.807) is 36.7 Å². The summed E-state index contributed by atoms with van der Waals surface area (Å²) in [5.74, 6) is -0.521. The number of carbonyl (C=O) groups is 3. The molecule has 1 unspecified atom stereocenters. The number of esters is 1. The van der Waals surface area contributed by atoms with Crippen LogP contribution in [0, 0.1) is 0 Å². The van der Waals surface area contributed by atoms with Crippen LogP contribution >= 0.6 is 34.8 Å². The molecule has 1 aliphatic heterocycles. The Hall–Kier alpha value is -5.40. The molecule has 0 radical (unpaired) electrons. The molecule has 0 spiro atoms. The molecule has 1 atom stereocenters. The van der Waals surface area contributed by atoms with Crippen molar-refractivity contribution in [1.29, 1.82) is 0 Å². The number of methoxy groups -OCH3 is 1. The molecule has 0 aliphatic carbocycles. The third-order valence-electron chi connectivity index (χ3n) is 10.7. The number of amides is 1. The first-order valence-corrected chi connectivity index (χ1v) is 20.0. The number of halogens is 3. The summed E-state index contributed by atoms with van der Waals surface area (Å²) in [6.07, 6.45) is 5.64. The van der Waals surface area contributed by atoms with Crippen LogP contribution in [0.5, 0.6) is 0 Å². The summed E-state index contributed by atoms with van der Waals surface area (Å²) in [7, 11) is 3.37. The zero-order valence-electron chi connectivity index (χ0n) is 32.2. The van der Waals surface area contributed by atoms with E-state index in [0.717, 1.165) is 42.3 Å². The molecular formula is C43H42Cl3N7O5. The van der Waals surface area contributed by atoms with Crippen molar-refractivity contribution in [2.75, 3.05) is 50.6 Å². The molecule has 2 N–H and O–H groups in total. The van der Waals surface area contributed by atoms with Crippen LogP contribution in [0.25, 0.3) is 33.4 Å². The van der Waals surface area contributed by atoms with E-state index in [-0.39, 0.29) is 17.3 Å². The highest BCUT2D eigenvalue weighted by atomic mass is 35.5. The third kappa shape index (κ3) is 8.56. The number of aromatic amines is 1. The van der Waals surface area contributed by atoms with Crippen LogP contribution in [0.4, 0.5) is 11.5 Å². The van der Waals surface area contributed by atoms with Crippen molar-refractivity contribution in [3.63, 3.8) is 0 Å². The number of nitrogens with zero attached hydrogens (tertiary/aromatic N) is 5. The molecule has 1 saturated heterocycles. The van der Waals surface area contributed by atoms with E-state index in [2.05, 4.69) is 27.1 Å². The Morgan fingerprint density at radius 1 is 1.02 bits per heavy atom. The molecule has 0 saturated carbocycles. The van der Waals surface area contributed by atoms with Crippen molar-refractivity contribution in [2.45, 2.75) is 38.3 Å². The van der Waals surface area contributed by atoms with E-state index < -0.39 is 11.9 Å². The fourth-order valence-electron chi connectivity index (χ4n) is 7.65. The Morgan fingerprint density at radius 3 is 2.48 bits per heavy atom. The van der Waals surface area contributed by atoms with Gasteiger partial charge in [-0.25, -0.2) is 14.8 Å². The summed E-state index contributed by atoms with van der Waals surface area (Å²) in [6.45, 7) is 4.98. The Kier molecular flexibility index (Phi) is 12.7. The Bertz CT molecular complexity index is 2450. The molecule has 1 amide bonds. The van der Waals surface area contributed by atoms with Gasteiger partial charge in [0.1, 0.15) is 5.69 Å². The molecule has 7 rings (SSSR count). The fraction of sp³-hybridized carbons (Fsp3) is 0.279. The van der Waals surface area contributed by atoms with Gasteiger partial charge in [-0.1, -0.05) is 77.3 Å². The second-order valence-electron chi connectivity index (χ2n) is 14.2. The molecular weight excluding hydrogens is 801 g/mol. The highest BCUT2D eigenvalue weighted by molar-refractivity contribution is 6.35. The van der Waals surface area contributed by atoms with E-state index in [4.69, 9.17) is 54.2 Å². The maximum atomic E-state index is 14.9. The number of imidazole rings is 1. The fourth-order valence-corrected chi connectivity index (χ4v) is 8.39. The van der Waals surface area contributed by atoms with Crippen LogP contribution in [0.3, 0.4) is 0 Å². The predicted molar refractivity (Wildman–Crippen MR) is 228 cm³/mol. The summed E-state index contributed by atoms with van der Waals surface area (Å²) in [5.41, 5.74) is 5.02. The number of ether oxygens (including phenoxy) is 2. The van der Waals surface area contributed by atoms with Crippen LogP contribution in [-0.4, -0.2) is 89.2 Å². The number of fused-ring (bicyclic) bond motifs is 1. The van der Waals surface area contributed by atoms with Crippen LogP contribution in [-0.2, 0) is 14.3 Å². The van der Waals surface area contributed by atoms with Crippen molar-refractivity contribution >= 4 is 75.6 Å². The normalized spacial score (nSPS) is 13.8. The number of piperidine rings is 1. The van der Waals surface area contributed by atoms with Gasteiger partial charge in [-0.05, 0) is 69.1 Å². The van der Waals surface area contributed by atoms with Gasteiger partial charge in [-0.15, -0.1) is 0 Å². The summed E-state index contributed by atoms with van der Waals surface area (Å²) < 4.78 is 11.9. The van der Waals surface area contributed by atoms with E-state index in [1.807, 2.05) is 54.0 Å². The second-order valence-corrected chi connectivity index (χ2v) is 15.5. The first-order valence-electron chi connectivity index (χ1n) is 18.9. The molecule has 4 heterocycles. The number of aromatic nitrogens is 4. The minimum absolute atomic E-state index is 0.190. The lowest BCUT2D eigenvalue weighted by atomic mass is 9.99. The number of anilines is 2. The van der Waals surface area contributed by atoms with Gasteiger partial charge < -0.3 is 34.1 Å². The van der Waals surface area contributed by atoms with Gasteiger partial charge in [0.25, 0.3) is 12.4 Å². The lowest BCUT2D eigenvalue weighted by molar-refractivity contribution is -0.128. The molecule has 58 heavy (non-hydrogen) atoms. The number of pyridine rings is 1. The standard InChI is InChI=1S/C43H42Cl3N7O5/c1-26(32-12-10-29(44)21-34(32)46)53-24-48-38(27-8-5-4-6-9-27)40(53)37-33-13-11-30(45)22-35(33)49-39(37)42(55)50-36-20-28(43(56)57-3)23-47-41(36)52-17-14-31(15-18-52)51(2)16-7-19-58-25-54/h4-6,8-13,20-26,31,49H,7,14-19H2,1-3H3,(H,50,55). The molecule has 1 aliphatic rings. The van der Waals surface area contributed by atoms with Crippen LogP contribution < -0.4 is 10.2 Å².